The average Bonchev–Trinajstić information content (AvgIpc) is 3.83. The molecule has 2 aromatic heterocycles. The van der Waals surface area contributed by atoms with Crippen molar-refractivity contribution in [3.8, 4) is 0 Å². The molecule has 2 aliphatic carbocycles. The molecule has 1 saturated heterocycles. The first-order valence-electron chi connectivity index (χ1n) is 18.6. The lowest BCUT2D eigenvalue weighted by Gasteiger charge is -2.41. The van der Waals surface area contributed by atoms with E-state index in [2.05, 4.69) is 0 Å². The molecule has 16 nitrogen and oxygen atoms in total. The summed E-state index contributed by atoms with van der Waals surface area (Å²) in [6.45, 7) is 0.00303. The van der Waals surface area contributed by atoms with Crippen molar-refractivity contribution in [2.24, 2.45) is 28.7 Å². The van der Waals surface area contributed by atoms with Crippen LogP contribution in [-0.4, -0.2) is 80.6 Å². The zero-order valence-electron chi connectivity index (χ0n) is 30.0. The maximum absolute atomic E-state index is 15.4. The van der Waals surface area contributed by atoms with Crippen molar-refractivity contribution in [3.05, 3.63) is 59.9 Å². The van der Waals surface area contributed by atoms with E-state index < -0.39 is 60.0 Å². The normalized spacial score (nSPS) is 19.6. The van der Waals surface area contributed by atoms with E-state index in [9.17, 15) is 19.2 Å². The van der Waals surface area contributed by atoms with E-state index in [1.165, 1.54) is 9.80 Å². The Labute approximate surface area is 311 Å². The fourth-order valence-corrected chi connectivity index (χ4v) is 9.04. The number of hydrogen-bond donors (Lipinski definition) is 5. The van der Waals surface area contributed by atoms with Gasteiger partial charge >= 0.3 is 18.1 Å². The van der Waals surface area contributed by atoms with Crippen LogP contribution in [0.25, 0.3) is 21.8 Å². The van der Waals surface area contributed by atoms with Crippen LogP contribution in [0.1, 0.15) is 91.6 Å². The van der Waals surface area contributed by atoms with E-state index in [1.54, 1.807) is 53.4 Å². The van der Waals surface area contributed by atoms with Crippen molar-refractivity contribution in [3.63, 3.8) is 0 Å². The van der Waals surface area contributed by atoms with Gasteiger partial charge in [-0.2, -0.15) is 0 Å². The summed E-state index contributed by atoms with van der Waals surface area (Å²) in [5.74, 6) is -2.39. The molecule has 0 spiro atoms. The van der Waals surface area contributed by atoms with E-state index >= 15 is 9.59 Å². The number of amides is 7. The maximum atomic E-state index is 15.4. The summed E-state index contributed by atoms with van der Waals surface area (Å²) in [6.07, 6.45) is 7.68. The molecule has 16 heteroatoms. The van der Waals surface area contributed by atoms with E-state index in [0.717, 1.165) is 47.7 Å². The lowest BCUT2D eigenvalue weighted by atomic mass is 9.92. The van der Waals surface area contributed by atoms with Gasteiger partial charge in [-0.25, -0.2) is 14.4 Å². The van der Waals surface area contributed by atoms with Crippen molar-refractivity contribution in [2.75, 3.05) is 16.3 Å². The molecule has 2 atom stereocenters. The highest BCUT2D eigenvalue weighted by Crippen LogP contribution is 2.42. The fraction of sp³-hybridized carbons (Fsp3) is 0.421. The Kier molecular flexibility index (Phi) is 9.79. The van der Waals surface area contributed by atoms with E-state index in [1.807, 2.05) is 0 Å². The lowest BCUT2D eigenvalue weighted by Crippen LogP contribution is -2.56. The van der Waals surface area contributed by atoms with Gasteiger partial charge < -0.3 is 38.5 Å². The molecule has 3 aliphatic rings. The first kappa shape index (κ1) is 36.5. The number of nitrogens with two attached hydrogens (primary N) is 5. The van der Waals surface area contributed by atoms with Gasteiger partial charge in [0.1, 0.15) is 17.4 Å². The number of aromatic nitrogens is 2. The van der Waals surface area contributed by atoms with Gasteiger partial charge in [0, 0.05) is 35.4 Å². The van der Waals surface area contributed by atoms with Crippen LogP contribution >= 0.6 is 0 Å². The Morgan fingerprint density at radius 2 is 1.02 bits per heavy atom. The summed E-state index contributed by atoms with van der Waals surface area (Å²) >= 11 is 0. The minimum atomic E-state index is -1.11. The molecule has 3 heterocycles. The number of nitrogens with zero attached hydrogens (tertiary/aromatic N) is 5. The molecular formula is C38H46N10O6. The Bertz CT molecular complexity index is 2030. The third-order valence-electron chi connectivity index (χ3n) is 11.3. The molecule has 2 aromatic carbocycles. The third-order valence-corrected chi connectivity index (χ3v) is 11.3. The monoisotopic (exact) mass is 738 g/mol. The second-order valence-corrected chi connectivity index (χ2v) is 14.6. The van der Waals surface area contributed by atoms with Crippen molar-refractivity contribution < 1.29 is 28.8 Å². The molecule has 54 heavy (non-hydrogen) atoms. The van der Waals surface area contributed by atoms with Crippen LogP contribution in [0.5, 0.6) is 0 Å². The molecule has 2 saturated carbocycles. The van der Waals surface area contributed by atoms with Gasteiger partial charge in [0.05, 0.1) is 22.4 Å². The van der Waals surface area contributed by atoms with Crippen LogP contribution in [-0.2, 0) is 4.79 Å². The highest BCUT2D eigenvalue weighted by Gasteiger charge is 2.47. The molecule has 1 aliphatic heterocycles. The number of urea groups is 1. The second kappa shape index (κ2) is 14.5. The van der Waals surface area contributed by atoms with E-state index in [-0.39, 0.29) is 35.7 Å². The molecule has 0 unspecified atom stereocenters. The van der Waals surface area contributed by atoms with Crippen molar-refractivity contribution >= 4 is 69.0 Å². The summed E-state index contributed by atoms with van der Waals surface area (Å²) < 4.78 is 2.06. The number of carbonyl (C=O) groups excluding carboxylic acids is 6. The van der Waals surface area contributed by atoms with Crippen LogP contribution in [0.4, 0.5) is 25.8 Å². The topological polar surface area (TPSA) is 252 Å². The molecule has 0 bridgehead atoms. The molecule has 7 rings (SSSR count). The van der Waals surface area contributed by atoms with Gasteiger partial charge in [-0.3, -0.25) is 28.4 Å². The average molecular weight is 739 g/mol. The maximum Gasteiger partial charge on any atom is 0.325 e. The number of primary amides is 4. The molecule has 10 N–H and O–H groups in total. The minimum absolute atomic E-state index is 0.00303. The van der Waals surface area contributed by atoms with Gasteiger partial charge in [0.2, 0.25) is 5.91 Å². The molecule has 7 amide bonds. The van der Waals surface area contributed by atoms with E-state index in [4.69, 9.17) is 28.7 Å². The Morgan fingerprint density at radius 1 is 0.593 bits per heavy atom. The van der Waals surface area contributed by atoms with Gasteiger partial charge in [-0.1, -0.05) is 74.9 Å². The Morgan fingerprint density at radius 3 is 1.46 bits per heavy atom. The van der Waals surface area contributed by atoms with Gasteiger partial charge in [0.15, 0.2) is 0 Å². The SMILES string of the molecule is NC(=O)c1c(N(C(=O)[C@@H]2C[C@H](N)CN2C(=O)N(c2c(C(N)=O)n(C(N)=O)c3ccccc23)C2CCCCC2)C2CCCCC2)c2ccccc2n1C(N)=O. The van der Waals surface area contributed by atoms with Crippen molar-refractivity contribution in [2.45, 2.75) is 94.8 Å². The number of rotatable bonds is 7. The summed E-state index contributed by atoms with van der Waals surface area (Å²) in [6, 6.07) is 8.50. The largest absolute Gasteiger partial charge is 0.364 e. The molecule has 3 fully saturated rings. The summed E-state index contributed by atoms with van der Waals surface area (Å²) in [5, 5.41) is 0.850. The Hall–Kier alpha value is -5.90. The van der Waals surface area contributed by atoms with Crippen LogP contribution < -0.4 is 38.5 Å². The fourth-order valence-electron chi connectivity index (χ4n) is 9.04. The highest BCUT2D eigenvalue weighted by molar-refractivity contribution is 6.19. The second-order valence-electron chi connectivity index (χ2n) is 14.6. The number of carbonyl (C=O) groups is 6. The number of hydrogen-bond acceptors (Lipinski definition) is 7. The molecule has 284 valence electrons. The lowest BCUT2D eigenvalue weighted by molar-refractivity contribution is -0.122. The number of benzene rings is 2. The Balaban J connectivity index is 1.40. The smallest absolute Gasteiger partial charge is 0.325 e. The van der Waals surface area contributed by atoms with Crippen molar-refractivity contribution in [1.82, 2.24) is 14.0 Å². The van der Waals surface area contributed by atoms with E-state index in [0.29, 0.717) is 47.5 Å². The summed E-state index contributed by atoms with van der Waals surface area (Å²) in [4.78, 5) is 87.4. The third kappa shape index (κ3) is 6.09. The molecule has 4 aromatic rings. The summed E-state index contributed by atoms with van der Waals surface area (Å²) in [7, 11) is 0. The van der Waals surface area contributed by atoms with Gasteiger partial charge in [-0.05, 0) is 44.2 Å². The standard InChI is InChI=1S/C38H46N10O6/c39-21-19-28(35(51)45(22-11-3-1-4-12-22)29-24-15-7-9-17-26(24)47(36(42)52)31(29)33(40)49)44(20-21)38(54)46(23-13-5-2-6-14-23)30-25-16-8-10-18-27(25)48(37(43)53)32(30)34(41)50/h7-10,15-18,21-23,28H,1-6,11-14,19-20,39H2,(H2,40,49)(H2,41,50)(H2,42,52)(H2,43,53)/t21-,28-/m0/s1. The minimum Gasteiger partial charge on any atom is -0.364 e. The quantitative estimate of drug-likeness (QED) is 0.188. The van der Waals surface area contributed by atoms with Crippen LogP contribution in [0.3, 0.4) is 0 Å². The first-order valence-corrected chi connectivity index (χ1v) is 18.6. The van der Waals surface area contributed by atoms with Crippen LogP contribution in [0, 0.1) is 0 Å². The van der Waals surface area contributed by atoms with Crippen LogP contribution in [0.15, 0.2) is 48.5 Å². The predicted octanol–water partition coefficient (Wildman–Crippen LogP) is 3.67. The zero-order chi connectivity index (χ0) is 38.4. The van der Waals surface area contributed by atoms with Gasteiger partial charge in [0.25, 0.3) is 11.8 Å². The number of likely N-dealkylation sites (tertiary alicyclic amines) is 1. The molecular weight excluding hydrogens is 692 g/mol. The van der Waals surface area contributed by atoms with Crippen LogP contribution in [0.2, 0.25) is 0 Å². The van der Waals surface area contributed by atoms with Crippen molar-refractivity contribution in [1.29, 1.82) is 0 Å². The first-order chi connectivity index (χ1) is 25.9. The summed E-state index contributed by atoms with van der Waals surface area (Å²) in [5.41, 5.74) is 30.6. The highest BCUT2D eigenvalue weighted by atomic mass is 16.2. The molecule has 0 radical (unpaired) electrons. The van der Waals surface area contributed by atoms with Gasteiger partial charge in [-0.15, -0.1) is 0 Å². The number of fused-ring (bicyclic) bond motifs is 2. The number of anilines is 2. The number of para-hydroxylation sites is 2. The zero-order valence-corrected chi connectivity index (χ0v) is 30.0. The predicted molar refractivity (Wildman–Crippen MR) is 203 cm³/mol.